The van der Waals surface area contributed by atoms with E-state index in [-0.39, 0.29) is 29.2 Å². The molecule has 1 aliphatic heterocycles. The third-order valence-electron chi connectivity index (χ3n) is 5.29. The molecule has 152 valence electrons. The Morgan fingerprint density at radius 2 is 2.03 bits per heavy atom. The van der Waals surface area contributed by atoms with Crippen molar-refractivity contribution < 1.29 is 17.6 Å². The first kappa shape index (κ1) is 19.8. The van der Waals surface area contributed by atoms with Crippen molar-refractivity contribution in [2.45, 2.75) is 32.9 Å². The van der Waals surface area contributed by atoms with Gasteiger partial charge in [-0.2, -0.15) is 0 Å². The minimum Gasteiger partial charge on any atom is -0.451 e. The van der Waals surface area contributed by atoms with Crippen molar-refractivity contribution in [1.82, 2.24) is 4.90 Å². The van der Waals surface area contributed by atoms with Crippen LogP contribution in [0.25, 0.3) is 11.0 Å². The zero-order chi connectivity index (χ0) is 20.8. The lowest BCUT2D eigenvalue weighted by Crippen LogP contribution is -2.40. The fourth-order valence-electron chi connectivity index (χ4n) is 3.62. The van der Waals surface area contributed by atoms with E-state index in [1.54, 1.807) is 17.0 Å². The normalized spacial score (nSPS) is 18.2. The van der Waals surface area contributed by atoms with Crippen LogP contribution in [0.1, 0.15) is 33.0 Å². The molecular formula is C21H21NO5S2. The van der Waals surface area contributed by atoms with Gasteiger partial charge in [-0.1, -0.05) is 6.07 Å². The predicted molar refractivity (Wildman–Crippen MR) is 113 cm³/mol. The number of fused-ring (bicyclic) bond motifs is 1. The van der Waals surface area contributed by atoms with Crippen molar-refractivity contribution in [2.75, 3.05) is 11.5 Å². The second-order valence-electron chi connectivity index (χ2n) is 7.49. The molecule has 1 aromatic carbocycles. The number of sulfone groups is 1. The molecule has 0 aliphatic carbocycles. The number of amides is 1. The van der Waals surface area contributed by atoms with Crippen LogP contribution < -0.4 is 5.43 Å². The van der Waals surface area contributed by atoms with Gasteiger partial charge in [0.15, 0.2) is 21.0 Å². The summed E-state index contributed by atoms with van der Waals surface area (Å²) in [7, 11) is -3.18. The minimum atomic E-state index is -3.18. The van der Waals surface area contributed by atoms with E-state index in [4.69, 9.17) is 4.42 Å². The van der Waals surface area contributed by atoms with Crippen molar-refractivity contribution >= 4 is 38.1 Å². The average Bonchev–Trinajstić information content (AvgIpc) is 3.23. The van der Waals surface area contributed by atoms with E-state index in [0.717, 1.165) is 16.0 Å². The Morgan fingerprint density at radius 1 is 1.24 bits per heavy atom. The number of hydrogen-bond acceptors (Lipinski definition) is 6. The molecule has 3 aromatic rings. The highest BCUT2D eigenvalue weighted by Gasteiger charge is 2.36. The van der Waals surface area contributed by atoms with Crippen LogP contribution >= 0.6 is 11.3 Å². The van der Waals surface area contributed by atoms with Crippen molar-refractivity contribution in [3.63, 3.8) is 0 Å². The number of carbonyl (C=O) groups excluding carboxylic acids is 1. The zero-order valence-electron chi connectivity index (χ0n) is 16.2. The largest absolute Gasteiger partial charge is 0.451 e. The van der Waals surface area contributed by atoms with Crippen LogP contribution in [-0.4, -0.2) is 36.8 Å². The summed E-state index contributed by atoms with van der Waals surface area (Å²) in [6.45, 7) is 4.13. The smallest absolute Gasteiger partial charge is 0.290 e. The van der Waals surface area contributed by atoms with E-state index in [0.29, 0.717) is 17.4 Å². The van der Waals surface area contributed by atoms with Crippen molar-refractivity contribution in [3.05, 3.63) is 67.7 Å². The summed E-state index contributed by atoms with van der Waals surface area (Å²) in [5.41, 5.74) is 2.02. The summed E-state index contributed by atoms with van der Waals surface area (Å²) >= 11 is 1.52. The number of hydrogen-bond donors (Lipinski definition) is 0. The number of thiophene rings is 1. The van der Waals surface area contributed by atoms with Crippen LogP contribution in [-0.2, 0) is 16.4 Å². The molecule has 0 spiro atoms. The van der Waals surface area contributed by atoms with Gasteiger partial charge in [-0.05, 0) is 55.0 Å². The van der Waals surface area contributed by atoms with Crippen LogP contribution in [0.2, 0.25) is 0 Å². The lowest BCUT2D eigenvalue weighted by molar-refractivity contribution is 0.0650. The Hall–Kier alpha value is -2.45. The maximum absolute atomic E-state index is 13.4. The van der Waals surface area contributed by atoms with E-state index in [1.807, 2.05) is 31.4 Å². The Kier molecular flexibility index (Phi) is 5.08. The van der Waals surface area contributed by atoms with Gasteiger partial charge in [-0.3, -0.25) is 9.59 Å². The maximum Gasteiger partial charge on any atom is 0.290 e. The molecule has 3 heterocycles. The summed E-state index contributed by atoms with van der Waals surface area (Å²) in [6, 6.07) is 7.95. The lowest BCUT2D eigenvalue weighted by atomic mass is 10.1. The highest BCUT2D eigenvalue weighted by atomic mass is 32.2. The van der Waals surface area contributed by atoms with Crippen LogP contribution in [0.15, 0.2) is 44.9 Å². The third kappa shape index (κ3) is 4.00. The molecule has 4 rings (SSSR count). The van der Waals surface area contributed by atoms with Gasteiger partial charge in [0.1, 0.15) is 5.58 Å². The monoisotopic (exact) mass is 431 g/mol. The second-order valence-corrected chi connectivity index (χ2v) is 10.7. The molecule has 6 nitrogen and oxygen atoms in total. The molecule has 1 unspecified atom stereocenters. The zero-order valence-corrected chi connectivity index (χ0v) is 17.8. The molecule has 29 heavy (non-hydrogen) atoms. The first-order valence-corrected chi connectivity index (χ1v) is 12.0. The Bertz CT molecular complexity index is 1260. The standard InChI is InChI=1S/C21H21NO5S2/c1-13-3-4-16-17(23)10-19(27-18(16)9-13)21(24)22(11-20-14(2)5-7-28-20)15-6-8-29(25,26)12-15/h3-5,7,9-10,15H,6,8,11-12H2,1-2H3. The van der Waals surface area contributed by atoms with Crippen LogP contribution in [0, 0.1) is 13.8 Å². The van der Waals surface area contributed by atoms with Gasteiger partial charge in [-0.25, -0.2) is 8.42 Å². The summed E-state index contributed by atoms with van der Waals surface area (Å²) in [6.07, 6.45) is 0.384. The number of carbonyl (C=O) groups is 1. The summed E-state index contributed by atoms with van der Waals surface area (Å²) in [5.74, 6) is -0.529. The molecule has 0 bridgehead atoms. The topological polar surface area (TPSA) is 84.7 Å². The maximum atomic E-state index is 13.4. The van der Waals surface area contributed by atoms with E-state index in [1.165, 1.54) is 17.4 Å². The van der Waals surface area contributed by atoms with Gasteiger partial charge >= 0.3 is 0 Å². The number of nitrogens with zero attached hydrogens (tertiary/aromatic N) is 1. The van der Waals surface area contributed by atoms with Crippen LogP contribution in [0.3, 0.4) is 0 Å². The van der Waals surface area contributed by atoms with Gasteiger partial charge in [0, 0.05) is 17.0 Å². The minimum absolute atomic E-state index is 0.0612. The average molecular weight is 432 g/mol. The summed E-state index contributed by atoms with van der Waals surface area (Å²) in [5, 5.41) is 2.36. The SMILES string of the molecule is Cc1ccc2c(=O)cc(C(=O)N(Cc3sccc3C)C3CCS(=O)(=O)C3)oc2c1. The van der Waals surface area contributed by atoms with Crippen LogP contribution in [0.4, 0.5) is 0 Å². The highest BCUT2D eigenvalue weighted by molar-refractivity contribution is 7.91. The first-order chi connectivity index (χ1) is 13.7. The van der Waals surface area contributed by atoms with E-state index in [9.17, 15) is 18.0 Å². The number of aryl methyl sites for hydroxylation is 2. The quantitative estimate of drug-likeness (QED) is 0.633. The van der Waals surface area contributed by atoms with E-state index >= 15 is 0 Å². The number of rotatable bonds is 4. The van der Waals surface area contributed by atoms with Gasteiger partial charge in [0.25, 0.3) is 5.91 Å². The lowest BCUT2D eigenvalue weighted by Gasteiger charge is -2.27. The van der Waals surface area contributed by atoms with E-state index < -0.39 is 21.8 Å². The molecule has 1 atom stereocenters. The first-order valence-electron chi connectivity index (χ1n) is 9.32. The molecule has 1 amide bonds. The summed E-state index contributed by atoms with van der Waals surface area (Å²) in [4.78, 5) is 28.4. The van der Waals surface area contributed by atoms with Gasteiger partial charge in [0.2, 0.25) is 0 Å². The second kappa shape index (κ2) is 7.42. The highest BCUT2D eigenvalue weighted by Crippen LogP contribution is 2.26. The molecule has 0 radical (unpaired) electrons. The molecule has 0 N–H and O–H groups in total. The molecule has 1 saturated heterocycles. The summed E-state index contributed by atoms with van der Waals surface area (Å²) < 4.78 is 29.9. The van der Waals surface area contributed by atoms with Crippen molar-refractivity contribution in [3.8, 4) is 0 Å². The number of benzene rings is 1. The molecule has 8 heteroatoms. The van der Waals surface area contributed by atoms with Crippen molar-refractivity contribution in [1.29, 1.82) is 0 Å². The predicted octanol–water partition coefficient (Wildman–Crippen LogP) is 3.30. The molecule has 1 aliphatic rings. The van der Waals surface area contributed by atoms with Gasteiger partial charge < -0.3 is 9.32 Å². The molecule has 0 saturated carbocycles. The third-order valence-corrected chi connectivity index (χ3v) is 8.05. The Morgan fingerprint density at radius 3 is 2.69 bits per heavy atom. The Labute approximate surface area is 172 Å². The fraction of sp³-hybridized carbons (Fsp3) is 0.333. The Balaban J connectivity index is 1.75. The van der Waals surface area contributed by atoms with Gasteiger partial charge in [0.05, 0.1) is 23.4 Å². The van der Waals surface area contributed by atoms with Crippen molar-refractivity contribution in [2.24, 2.45) is 0 Å². The molecule has 2 aromatic heterocycles. The van der Waals surface area contributed by atoms with E-state index in [2.05, 4.69) is 0 Å². The van der Waals surface area contributed by atoms with Gasteiger partial charge in [-0.15, -0.1) is 11.3 Å². The molecule has 1 fully saturated rings. The van der Waals surface area contributed by atoms with Crippen LogP contribution in [0.5, 0.6) is 0 Å². The fourth-order valence-corrected chi connectivity index (χ4v) is 6.25. The molecular weight excluding hydrogens is 410 g/mol.